The van der Waals surface area contributed by atoms with Crippen LogP contribution in [0.2, 0.25) is 0 Å². The summed E-state index contributed by atoms with van der Waals surface area (Å²) in [4.78, 5) is 0. The van der Waals surface area contributed by atoms with Crippen LogP contribution in [0.3, 0.4) is 0 Å². The Morgan fingerprint density at radius 3 is 2.78 bits per heavy atom. The molecule has 0 aliphatic rings. The lowest BCUT2D eigenvalue weighted by atomic mass is 10.2. The fourth-order valence-electron chi connectivity index (χ4n) is 2.51. The van der Waals surface area contributed by atoms with Crippen LogP contribution in [0.4, 0.5) is 0 Å². The van der Waals surface area contributed by atoms with Crippen molar-refractivity contribution >= 4 is 18.4 Å². The van der Waals surface area contributed by atoms with Crippen molar-refractivity contribution < 1.29 is 9.47 Å². The van der Waals surface area contributed by atoms with Crippen LogP contribution in [-0.4, -0.2) is 44.6 Å². The number of hydrogen-bond donors (Lipinski definition) is 1. The molecule has 0 spiro atoms. The Kier molecular flexibility index (Phi) is 5.51. The Morgan fingerprint density at radius 1 is 1.30 bits per heavy atom. The number of aromatic nitrogens is 5. The van der Waals surface area contributed by atoms with E-state index in [9.17, 15) is 0 Å². The first-order chi connectivity index (χ1) is 13.0. The molecule has 0 radical (unpaired) electrons. The first-order valence-corrected chi connectivity index (χ1v) is 8.61. The van der Waals surface area contributed by atoms with E-state index in [-0.39, 0.29) is 0 Å². The molecule has 0 amide bonds. The van der Waals surface area contributed by atoms with Crippen LogP contribution in [0.15, 0.2) is 42.0 Å². The van der Waals surface area contributed by atoms with E-state index in [1.54, 1.807) is 24.1 Å². The molecule has 3 rings (SSSR count). The number of aryl methyl sites for hydroxylation is 2. The van der Waals surface area contributed by atoms with Crippen LogP contribution in [0.25, 0.3) is 5.95 Å². The maximum Gasteiger partial charge on any atom is 0.271 e. The third-order valence-corrected chi connectivity index (χ3v) is 3.96. The molecule has 2 heterocycles. The zero-order chi connectivity index (χ0) is 19.4. The summed E-state index contributed by atoms with van der Waals surface area (Å²) < 4.78 is 14.5. The Bertz CT molecular complexity index is 1050. The zero-order valence-electron chi connectivity index (χ0n) is 15.3. The van der Waals surface area contributed by atoms with Crippen molar-refractivity contribution in [3.8, 4) is 17.4 Å². The molecule has 0 saturated heterocycles. The normalized spacial score (nSPS) is 11.1. The standard InChI is InChI=1S/C18H20N6O2S/c1-5-8-26-15-7-6-14(10-16(15)25-4)11-19-24-17(20-21-18(24)27)23-13(3)9-12(2)22-23/h5-7,9-11H,1,8H2,2-4H3,(H,21,27)/b19-11-. The summed E-state index contributed by atoms with van der Waals surface area (Å²) in [6, 6.07) is 7.48. The molecule has 0 aliphatic carbocycles. The summed E-state index contributed by atoms with van der Waals surface area (Å²) in [7, 11) is 1.59. The molecule has 0 bridgehead atoms. The van der Waals surface area contributed by atoms with Crippen molar-refractivity contribution in [2.75, 3.05) is 13.7 Å². The molecule has 0 saturated carbocycles. The summed E-state index contributed by atoms with van der Waals surface area (Å²) in [6.07, 6.45) is 3.34. The zero-order valence-corrected chi connectivity index (χ0v) is 16.2. The Labute approximate surface area is 161 Å². The number of rotatable bonds is 7. The van der Waals surface area contributed by atoms with Crippen molar-refractivity contribution in [1.29, 1.82) is 0 Å². The van der Waals surface area contributed by atoms with Crippen molar-refractivity contribution in [3.63, 3.8) is 0 Å². The highest BCUT2D eigenvalue weighted by molar-refractivity contribution is 7.71. The lowest BCUT2D eigenvalue weighted by Crippen LogP contribution is -2.07. The fraction of sp³-hybridized carbons (Fsp3) is 0.222. The van der Waals surface area contributed by atoms with E-state index in [1.807, 2.05) is 38.1 Å². The summed E-state index contributed by atoms with van der Waals surface area (Å²) in [5.41, 5.74) is 2.64. The van der Waals surface area contributed by atoms with Crippen molar-refractivity contribution in [1.82, 2.24) is 24.7 Å². The van der Waals surface area contributed by atoms with Gasteiger partial charge in [0.25, 0.3) is 5.95 Å². The highest BCUT2D eigenvalue weighted by Crippen LogP contribution is 2.27. The molecule has 1 N–H and O–H groups in total. The van der Waals surface area contributed by atoms with Crippen molar-refractivity contribution in [2.24, 2.45) is 5.10 Å². The van der Waals surface area contributed by atoms with Gasteiger partial charge in [0.05, 0.1) is 19.0 Å². The predicted octanol–water partition coefficient (Wildman–Crippen LogP) is 3.20. The van der Waals surface area contributed by atoms with Gasteiger partial charge in [-0.2, -0.15) is 14.9 Å². The highest BCUT2D eigenvalue weighted by Gasteiger charge is 2.12. The minimum atomic E-state index is 0.367. The van der Waals surface area contributed by atoms with Gasteiger partial charge >= 0.3 is 0 Å². The summed E-state index contributed by atoms with van der Waals surface area (Å²) >= 11 is 5.29. The molecule has 8 nitrogen and oxygen atoms in total. The Hall–Kier alpha value is -3.20. The van der Waals surface area contributed by atoms with Crippen molar-refractivity contribution in [2.45, 2.75) is 13.8 Å². The van der Waals surface area contributed by atoms with E-state index in [4.69, 9.17) is 21.7 Å². The van der Waals surface area contributed by atoms with Gasteiger partial charge in [-0.1, -0.05) is 12.7 Å². The Morgan fingerprint density at radius 2 is 2.11 bits per heavy atom. The minimum Gasteiger partial charge on any atom is -0.493 e. The van der Waals surface area contributed by atoms with E-state index in [1.165, 1.54) is 4.68 Å². The first-order valence-electron chi connectivity index (χ1n) is 8.20. The number of nitrogens with zero attached hydrogens (tertiary/aromatic N) is 5. The van der Waals surface area contributed by atoms with Crippen LogP contribution in [0.5, 0.6) is 11.5 Å². The molecule has 1 aromatic carbocycles. The third-order valence-electron chi connectivity index (χ3n) is 3.70. The van der Waals surface area contributed by atoms with Gasteiger partial charge in [0.2, 0.25) is 4.77 Å². The van der Waals surface area contributed by atoms with Gasteiger partial charge in [0, 0.05) is 5.69 Å². The molecule has 0 unspecified atom stereocenters. The van der Waals surface area contributed by atoms with Crippen LogP contribution in [-0.2, 0) is 0 Å². The molecule has 3 aromatic rings. The number of nitrogens with one attached hydrogen (secondary N) is 1. The van der Waals surface area contributed by atoms with Gasteiger partial charge in [-0.25, -0.2) is 9.78 Å². The molecular formula is C18H20N6O2S. The molecule has 9 heteroatoms. The summed E-state index contributed by atoms with van der Waals surface area (Å²) in [5, 5.41) is 15.9. The second-order valence-electron chi connectivity index (χ2n) is 5.73. The number of benzene rings is 1. The molecule has 0 atom stereocenters. The second kappa shape index (κ2) is 8.00. The van der Waals surface area contributed by atoms with Crippen molar-refractivity contribution in [3.05, 3.63) is 58.6 Å². The monoisotopic (exact) mass is 384 g/mol. The van der Waals surface area contributed by atoms with Crippen LogP contribution in [0.1, 0.15) is 17.0 Å². The lowest BCUT2D eigenvalue weighted by Gasteiger charge is -2.09. The number of aromatic amines is 1. The summed E-state index contributed by atoms with van der Waals surface area (Å²) in [5.74, 6) is 1.73. The van der Waals surface area contributed by atoms with Crippen LogP contribution in [0, 0.1) is 18.6 Å². The molecule has 0 aliphatic heterocycles. The maximum atomic E-state index is 5.56. The molecule has 2 aromatic heterocycles. The van der Waals surface area contributed by atoms with Gasteiger partial charge in [0.1, 0.15) is 6.61 Å². The summed E-state index contributed by atoms with van der Waals surface area (Å²) in [6.45, 7) is 7.90. The van der Waals surface area contributed by atoms with Gasteiger partial charge in [-0.05, 0) is 55.9 Å². The SMILES string of the molecule is C=CCOc1ccc(/C=N\n2c(-n3nc(C)cc3C)n[nH]c2=S)cc1OC. The average Bonchev–Trinajstić information content (AvgIpc) is 3.19. The molecule has 27 heavy (non-hydrogen) atoms. The smallest absolute Gasteiger partial charge is 0.271 e. The quantitative estimate of drug-likeness (QED) is 0.384. The van der Waals surface area contributed by atoms with E-state index in [0.29, 0.717) is 28.8 Å². The number of methoxy groups -OCH3 is 1. The predicted molar refractivity (Wildman–Crippen MR) is 106 cm³/mol. The maximum absolute atomic E-state index is 5.56. The van der Waals surface area contributed by atoms with E-state index in [2.05, 4.69) is 27.0 Å². The van der Waals surface area contributed by atoms with Gasteiger partial charge in [-0.15, -0.1) is 5.10 Å². The number of hydrogen-bond acceptors (Lipinski definition) is 6. The second-order valence-corrected chi connectivity index (χ2v) is 6.12. The highest BCUT2D eigenvalue weighted by atomic mass is 32.1. The number of H-pyrrole nitrogens is 1. The van der Waals surface area contributed by atoms with Gasteiger partial charge < -0.3 is 9.47 Å². The largest absolute Gasteiger partial charge is 0.493 e. The molecule has 0 fully saturated rings. The third kappa shape index (κ3) is 3.98. The van der Waals surface area contributed by atoms with Gasteiger partial charge in [-0.3, -0.25) is 0 Å². The van der Waals surface area contributed by atoms with E-state index < -0.39 is 0 Å². The number of ether oxygens (including phenoxy) is 2. The minimum absolute atomic E-state index is 0.367. The van der Waals surface area contributed by atoms with E-state index >= 15 is 0 Å². The average molecular weight is 384 g/mol. The topological polar surface area (TPSA) is 82.3 Å². The Balaban J connectivity index is 1.93. The molecule has 140 valence electrons. The molecular weight excluding hydrogens is 364 g/mol. The lowest BCUT2D eigenvalue weighted by molar-refractivity contribution is 0.326. The van der Waals surface area contributed by atoms with Crippen LogP contribution >= 0.6 is 12.2 Å². The van der Waals surface area contributed by atoms with E-state index in [0.717, 1.165) is 17.0 Å². The van der Waals surface area contributed by atoms with Gasteiger partial charge in [0.15, 0.2) is 11.5 Å². The fourth-order valence-corrected chi connectivity index (χ4v) is 2.69. The van der Waals surface area contributed by atoms with Crippen LogP contribution < -0.4 is 9.47 Å². The first kappa shape index (κ1) is 18.6.